The molecule has 2 saturated heterocycles. The number of hydrogen-bond donors (Lipinski definition) is 0. The standard InChI is InChI=1S/C14H20O4/c15-14(9-2-4-11-13(6-9)18-11)16-7-8-1-3-10-12(5-8)17-10/h8-13H,1-7H2/t8-,9-,10+,11+,12+,13-/m0/s1. The van der Waals surface area contributed by atoms with Crippen LogP contribution in [0.1, 0.15) is 38.5 Å². The van der Waals surface area contributed by atoms with Gasteiger partial charge in [0, 0.05) is 0 Å². The van der Waals surface area contributed by atoms with Crippen molar-refractivity contribution in [2.24, 2.45) is 11.8 Å². The van der Waals surface area contributed by atoms with Crippen molar-refractivity contribution < 1.29 is 19.0 Å². The van der Waals surface area contributed by atoms with Gasteiger partial charge in [-0.1, -0.05) is 0 Å². The van der Waals surface area contributed by atoms with Gasteiger partial charge in [0.1, 0.15) is 0 Å². The van der Waals surface area contributed by atoms with Gasteiger partial charge in [0.15, 0.2) is 0 Å². The highest BCUT2D eigenvalue weighted by atomic mass is 16.6. The minimum atomic E-state index is 0.00258. The zero-order valence-electron chi connectivity index (χ0n) is 10.5. The van der Waals surface area contributed by atoms with Crippen LogP contribution in [0.2, 0.25) is 0 Å². The number of epoxide rings is 2. The highest BCUT2D eigenvalue weighted by Crippen LogP contribution is 2.41. The van der Waals surface area contributed by atoms with E-state index >= 15 is 0 Å². The van der Waals surface area contributed by atoms with E-state index in [1.807, 2.05) is 0 Å². The van der Waals surface area contributed by atoms with Crippen LogP contribution in [0, 0.1) is 11.8 Å². The van der Waals surface area contributed by atoms with Crippen LogP contribution in [0.3, 0.4) is 0 Å². The molecular formula is C14H20O4. The highest BCUT2D eigenvalue weighted by molar-refractivity contribution is 5.72. The molecule has 0 unspecified atom stereocenters. The lowest BCUT2D eigenvalue weighted by Crippen LogP contribution is -2.27. The first-order valence-electron chi connectivity index (χ1n) is 7.27. The average Bonchev–Trinajstić information content (AvgIpc) is 3.26. The molecule has 18 heavy (non-hydrogen) atoms. The summed E-state index contributed by atoms with van der Waals surface area (Å²) in [6.07, 6.45) is 8.03. The van der Waals surface area contributed by atoms with Gasteiger partial charge in [-0.25, -0.2) is 0 Å². The zero-order chi connectivity index (χ0) is 12.1. The predicted octanol–water partition coefficient (Wildman–Crippen LogP) is 1.66. The van der Waals surface area contributed by atoms with Crippen molar-refractivity contribution in [2.45, 2.75) is 62.9 Å². The Morgan fingerprint density at radius 3 is 2.39 bits per heavy atom. The van der Waals surface area contributed by atoms with E-state index in [9.17, 15) is 4.79 Å². The van der Waals surface area contributed by atoms with E-state index in [1.54, 1.807) is 0 Å². The van der Waals surface area contributed by atoms with E-state index < -0.39 is 0 Å². The largest absolute Gasteiger partial charge is 0.465 e. The third-order valence-corrected chi connectivity index (χ3v) is 4.91. The van der Waals surface area contributed by atoms with E-state index in [0.29, 0.717) is 36.9 Å². The zero-order valence-corrected chi connectivity index (χ0v) is 10.5. The highest BCUT2D eigenvalue weighted by Gasteiger charge is 2.47. The average molecular weight is 252 g/mol. The molecule has 6 atom stereocenters. The Morgan fingerprint density at radius 1 is 0.944 bits per heavy atom. The first-order valence-corrected chi connectivity index (χ1v) is 7.27. The van der Waals surface area contributed by atoms with Gasteiger partial charge < -0.3 is 14.2 Å². The van der Waals surface area contributed by atoms with Crippen LogP contribution >= 0.6 is 0 Å². The Morgan fingerprint density at radius 2 is 1.67 bits per heavy atom. The van der Waals surface area contributed by atoms with Gasteiger partial charge in [-0.15, -0.1) is 0 Å². The van der Waals surface area contributed by atoms with Crippen LogP contribution < -0.4 is 0 Å². The molecule has 100 valence electrons. The minimum Gasteiger partial charge on any atom is -0.465 e. The molecule has 0 N–H and O–H groups in total. The number of esters is 1. The Kier molecular flexibility index (Phi) is 2.62. The molecule has 4 aliphatic rings. The molecule has 4 nitrogen and oxygen atoms in total. The molecule has 0 spiro atoms. The molecule has 0 radical (unpaired) electrons. The Bertz CT molecular complexity index is 356. The van der Waals surface area contributed by atoms with E-state index in [2.05, 4.69) is 0 Å². The van der Waals surface area contributed by atoms with Crippen LogP contribution in [0.5, 0.6) is 0 Å². The molecule has 4 fully saturated rings. The van der Waals surface area contributed by atoms with Crippen molar-refractivity contribution in [2.75, 3.05) is 6.61 Å². The topological polar surface area (TPSA) is 51.4 Å². The SMILES string of the molecule is O=C(OC[C@H]1CC[C@H]2O[C@@H]2C1)[C@H]1CC[C@H]2O[C@H]2C1. The Hall–Kier alpha value is -0.610. The maximum Gasteiger partial charge on any atom is 0.309 e. The summed E-state index contributed by atoms with van der Waals surface area (Å²) in [6, 6.07) is 0. The van der Waals surface area contributed by atoms with Crippen LogP contribution in [0.25, 0.3) is 0 Å². The fourth-order valence-corrected chi connectivity index (χ4v) is 3.57. The molecule has 0 bridgehead atoms. The molecule has 2 heterocycles. The minimum absolute atomic E-state index is 0.00258. The lowest BCUT2D eigenvalue weighted by Gasteiger charge is -2.21. The number of fused-ring (bicyclic) bond motifs is 2. The van der Waals surface area contributed by atoms with Gasteiger partial charge in [0.05, 0.1) is 36.9 Å². The number of carbonyl (C=O) groups is 1. The molecule has 0 aromatic rings. The summed E-state index contributed by atoms with van der Waals surface area (Å²) in [6.45, 7) is 0.594. The maximum absolute atomic E-state index is 12.0. The predicted molar refractivity (Wildman–Crippen MR) is 63.0 cm³/mol. The van der Waals surface area contributed by atoms with Crippen LogP contribution in [0.4, 0.5) is 0 Å². The summed E-state index contributed by atoms with van der Waals surface area (Å²) in [4.78, 5) is 12.0. The number of hydrogen-bond acceptors (Lipinski definition) is 4. The molecular weight excluding hydrogens is 232 g/mol. The van der Waals surface area contributed by atoms with Gasteiger partial charge in [-0.2, -0.15) is 0 Å². The molecule has 0 amide bonds. The van der Waals surface area contributed by atoms with Crippen LogP contribution in [-0.4, -0.2) is 37.0 Å². The van der Waals surface area contributed by atoms with Crippen molar-refractivity contribution in [3.8, 4) is 0 Å². The van der Waals surface area contributed by atoms with Crippen molar-refractivity contribution in [3.63, 3.8) is 0 Å². The van der Waals surface area contributed by atoms with Crippen molar-refractivity contribution >= 4 is 5.97 Å². The number of rotatable bonds is 3. The fraction of sp³-hybridized carbons (Fsp3) is 0.929. The van der Waals surface area contributed by atoms with Gasteiger partial charge in [0.25, 0.3) is 0 Å². The lowest BCUT2D eigenvalue weighted by molar-refractivity contribution is -0.151. The molecule has 0 aromatic carbocycles. The van der Waals surface area contributed by atoms with E-state index in [-0.39, 0.29) is 11.9 Å². The second kappa shape index (κ2) is 4.20. The molecule has 0 aromatic heterocycles. The summed E-state index contributed by atoms with van der Waals surface area (Å²) >= 11 is 0. The van der Waals surface area contributed by atoms with Crippen molar-refractivity contribution in [1.29, 1.82) is 0 Å². The fourth-order valence-electron chi connectivity index (χ4n) is 3.57. The number of ether oxygens (including phenoxy) is 3. The second-order valence-corrected chi connectivity index (χ2v) is 6.25. The first kappa shape index (κ1) is 11.2. The summed E-state index contributed by atoms with van der Waals surface area (Å²) in [5.41, 5.74) is 0. The van der Waals surface area contributed by atoms with Gasteiger partial charge in [-0.05, 0) is 44.4 Å². The van der Waals surface area contributed by atoms with E-state index in [4.69, 9.17) is 14.2 Å². The molecule has 2 aliphatic heterocycles. The van der Waals surface area contributed by atoms with Crippen molar-refractivity contribution in [3.05, 3.63) is 0 Å². The smallest absolute Gasteiger partial charge is 0.309 e. The van der Waals surface area contributed by atoms with Crippen LogP contribution in [0.15, 0.2) is 0 Å². The van der Waals surface area contributed by atoms with Gasteiger partial charge >= 0.3 is 5.97 Å². The molecule has 2 aliphatic carbocycles. The third kappa shape index (κ3) is 2.16. The van der Waals surface area contributed by atoms with Crippen molar-refractivity contribution in [1.82, 2.24) is 0 Å². The second-order valence-electron chi connectivity index (χ2n) is 6.25. The van der Waals surface area contributed by atoms with Gasteiger partial charge in [0.2, 0.25) is 0 Å². The summed E-state index contributed by atoms with van der Waals surface area (Å²) in [7, 11) is 0. The lowest BCUT2D eigenvalue weighted by atomic mass is 9.89. The van der Waals surface area contributed by atoms with Gasteiger partial charge in [-0.3, -0.25) is 4.79 Å². The van der Waals surface area contributed by atoms with E-state index in [0.717, 1.165) is 38.5 Å². The molecule has 2 saturated carbocycles. The summed E-state index contributed by atoms with van der Waals surface area (Å²) in [5, 5.41) is 0. The van der Waals surface area contributed by atoms with Crippen LogP contribution in [-0.2, 0) is 19.0 Å². The number of carbonyl (C=O) groups excluding carboxylic acids is 1. The molecule has 4 heteroatoms. The van der Waals surface area contributed by atoms with E-state index in [1.165, 1.54) is 0 Å². The normalized spacial score (nSPS) is 48.9. The summed E-state index contributed by atoms with van der Waals surface area (Å²) in [5.74, 6) is 0.608. The molecule has 4 rings (SSSR count). The maximum atomic E-state index is 12.0. The monoisotopic (exact) mass is 252 g/mol. The summed E-state index contributed by atoms with van der Waals surface area (Å²) < 4.78 is 16.4. The first-order chi connectivity index (χ1) is 8.79. The Balaban J connectivity index is 1.23. The quantitative estimate of drug-likeness (QED) is 0.566. The Labute approximate surface area is 107 Å². The third-order valence-electron chi connectivity index (χ3n) is 4.91.